The van der Waals surface area contributed by atoms with Crippen LogP contribution in [0.15, 0.2) is 19.5 Å². The summed E-state index contributed by atoms with van der Waals surface area (Å²) < 4.78 is 6.95. The molecule has 1 aliphatic rings. The van der Waals surface area contributed by atoms with E-state index in [1.807, 2.05) is 13.8 Å². The van der Waals surface area contributed by atoms with Gasteiger partial charge in [-0.3, -0.25) is 0 Å². The fraction of sp³-hybridized carbons (Fsp3) is 0.417. The highest BCUT2D eigenvalue weighted by Crippen LogP contribution is 2.47. The molecule has 0 saturated carbocycles. The SMILES string of the molecule is CC1(C)COC(=O)N[C@H]1c1c(Br)cc(Br)c(O)c1Br. The van der Waals surface area contributed by atoms with Gasteiger partial charge < -0.3 is 15.2 Å². The maximum atomic E-state index is 11.5. The van der Waals surface area contributed by atoms with E-state index >= 15 is 0 Å². The van der Waals surface area contributed by atoms with Gasteiger partial charge in [0.2, 0.25) is 0 Å². The number of phenolic OH excluding ortho intramolecular Hbond substituents is 1. The van der Waals surface area contributed by atoms with Crippen LogP contribution in [0.1, 0.15) is 25.5 Å². The van der Waals surface area contributed by atoms with Crippen LogP contribution < -0.4 is 5.32 Å². The lowest BCUT2D eigenvalue weighted by Crippen LogP contribution is -2.47. The van der Waals surface area contributed by atoms with Crippen LogP contribution in [0.2, 0.25) is 0 Å². The third kappa shape index (κ3) is 2.78. The van der Waals surface area contributed by atoms with E-state index in [-0.39, 0.29) is 17.2 Å². The molecule has 1 heterocycles. The maximum Gasteiger partial charge on any atom is 0.407 e. The number of hydrogen-bond donors (Lipinski definition) is 2. The summed E-state index contributed by atoms with van der Waals surface area (Å²) in [5.41, 5.74) is 0.501. The quantitative estimate of drug-likeness (QED) is 0.653. The molecule has 1 atom stereocenters. The van der Waals surface area contributed by atoms with Crippen LogP contribution in [0, 0.1) is 5.41 Å². The lowest BCUT2D eigenvalue weighted by atomic mass is 9.80. The first-order chi connectivity index (χ1) is 8.74. The van der Waals surface area contributed by atoms with Gasteiger partial charge in [-0.2, -0.15) is 0 Å². The Morgan fingerprint density at radius 2 is 2.00 bits per heavy atom. The van der Waals surface area contributed by atoms with E-state index in [0.29, 0.717) is 15.6 Å². The highest BCUT2D eigenvalue weighted by molar-refractivity contribution is 9.11. The van der Waals surface area contributed by atoms with Crippen molar-refractivity contribution in [3.05, 3.63) is 25.0 Å². The van der Waals surface area contributed by atoms with Crippen molar-refractivity contribution in [3.8, 4) is 5.75 Å². The number of nitrogens with one attached hydrogen (secondary N) is 1. The topological polar surface area (TPSA) is 58.6 Å². The van der Waals surface area contributed by atoms with Gasteiger partial charge in [0.1, 0.15) is 12.4 Å². The predicted octanol–water partition coefficient (Wildman–Crippen LogP) is 4.49. The van der Waals surface area contributed by atoms with Crippen LogP contribution in [-0.2, 0) is 4.74 Å². The fourth-order valence-corrected chi connectivity index (χ4v) is 4.59. The number of alkyl carbamates (subject to hydrolysis) is 1. The predicted molar refractivity (Wildman–Crippen MR) is 82.2 cm³/mol. The number of carbonyl (C=O) groups is 1. The zero-order valence-electron chi connectivity index (χ0n) is 10.3. The lowest BCUT2D eigenvalue weighted by molar-refractivity contribution is 0.0383. The molecular weight excluding hydrogens is 446 g/mol. The largest absolute Gasteiger partial charge is 0.506 e. The van der Waals surface area contributed by atoms with Crippen molar-refractivity contribution in [3.63, 3.8) is 0 Å². The molecule has 1 amide bonds. The van der Waals surface area contributed by atoms with Gasteiger partial charge in [0.05, 0.1) is 15.0 Å². The number of benzene rings is 1. The maximum absolute atomic E-state index is 11.5. The number of carbonyl (C=O) groups excluding carboxylic acids is 1. The summed E-state index contributed by atoms with van der Waals surface area (Å²) in [6.45, 7) is 4.31. The van der Waals surface area contributed by atoms with E-state index in [2.05, 4.69) is 53.1 Å². The summed E-state index contributed by atoms with van der Waals surface area (Å²) in [6, 6.07) is 1.49. The van der Waals surface area contributed by atoms with E-state index in [0.717, 1.165) is 10.0 Å². The molecule has 19 heavy (non-hydrogen) atoms. The summed E-state index contributed by atoms with van der Waals surface area (Å²) in [7, 11) is 0. The number of ether oxygens (including phenoxy) is 1. The normalized spacial score (nSPS) is 21.7. The van der Waals surface area contributed by atoms with Crippen molar-refractivity contribution in [2.75, 3.05) is 6.61 Å². The van der Waals surface area contributed by atoms with Crippen LogP contribution in [0.5, 0.6) is 5.75 Å². The Morgan fingerprint density at radius 1 is 1.37 bits per heavy atom. The Hall–Kier alpha value is -0.270. The Kier molecular flexibility index (Phi) is 4.18. The molecule has 0 radical (unpaired) electrons. The van der Waals surface area contributed by atoms with Crippen LogP contribution in [-0.4, -0.2) is 17.8 Å². The number of hydrogen-bond acceptors (Lipinski definition) is 3. The van der Waals surface area contributed by atoms with E-state index in [1.165, 1.54) is 0 Å². The van der Waals surface area contributed by atoms with Crippen LogP contribution >= 0.6 is 47.8 Å². The number of cyclic esters (lactones) is 1. The van der Waals surface area contributed by atoms with Crippen molar-refractivity contribution in [2.45, 2.75) is 19.9 Å². The first kappa shape index (κ1) is 15.1. The van der Waals surface area contributed by atoms with Crippen molar-refractivity contribution in [1.29, 1.82) is 0 Å². The monoisotopic (exact) mass is 455 g/mol. The molecule has 4 nitrogen and oxygen atoms in total. The molecule has 2 rings (SSSR count). The molecule has 0 aromatic heterocycles. The number of halogens is 3. The molecule has 0 bridgehead atoms. The van der Waals surface area contributed by atoms with Gasteiger partial charge in [0, 0.05) is 15.5 Å². The third-order valence-electron chi connectivity index (χ3n) is 3.09. The van der Waals surface area contributed by atoms with Gasteiger partial charge in [-0.05, 0) is 37.9 Å². The number of phenols is 1. The van der Waals surface area contributed by atoms with Crippen molar-refractivity contribution in [2.24, 2.45) is 5.41 Å². The molecular formula is C12H12Br3NO3. The van der Waals surface area contributed by atoms with E-state index in [9.17, 15) is 9.90 Å². The lowest BCUT2D eigenvalue weighted by Gasteiger charge is -2.39. The summed E-state index contributed by atoms with van der Waals surface area (Å²) in [5, 5.41) is 12.8. The minimum Gasteiger partial charge on any atom is -0.506 e. The van der Waals surface area contributed by atoms with Gasteiger partial charge >= 0.3 is 6.09 Å². The summed E-state index contributed by atoms with van der Waals surface area (Å²) in [6.07, 6.45) is -0.453. The molecule has 0 aliphatic carbocycles. The summed E-state index contributed by atoms with van der Waals surface area (Å²) in [5.74, 6) is 0.106. The van der Waals surface area contributed by atoms with Gasteiger partial charge in [-0.15, -0.1) is 0 Å². The number of aromatic hydroxyl groups is 1. The summed E-state index contributed by atoms with van der Waals surface area (Å²) in [4.78, 5) is 11.5. The second-order valence-corrected chi connectivity index (χ2v) is 7.56. The molecule has 2 N–H and O–H groups in total. The number of rotatable bonds is 1. The van der Waals surface area contributed by atoms with Crippen molar-refractivity contribution >= 4 is 53.9 Å². The number of amides is 1. The molecule has 0 spiro atoms. The molecule has 7 heteroatoms. The van der Waals surface area contributed by atoms with E-state index in [1.54, 1.807) is 6.07 Å². The standard InChI is InChI=1S/C12H12Br3NO3/c1-12(2)4-19-11(18)16-10(12)7-5(13)3-6(14)9(17)8(7)15/h3,10,17H,4H2,1-2H3,(H,16,18)/t10-/m0/s1. The van der Waals surface area contributed by atoms with E-state index < -0.39 is 6.09 Å². The highest BCUT2D eigenvalue weighted by Gasteiger charge is 2.40. The van der Waals surface area contributed by atoms with Crippen molar-refractivity contribution < 1.29 is 14.6 Å². The fourth-order valence-electron chi connectivity index (χ4n) is 2.01. The first-order valence-corrected chi connectivity index (χ1v) is 7.91. The minimum atomic E-state index is -0.453. The Bertz CT molecular complexity index is 546. The average molecular weight is 458 g/mol. The second-order valence-electron chi connectivity index (χ2n) is 5.06. The highest BCUT2D eigenvalue weighted by atomic mass is 79.9. The Balaban J connectivity index is 2.57. The van der Waals surface area contributed by atoms with Gasteiger partial charge in [0.15, 0.2) is 0 Å². The Labute approximate surface area is 136 Å². The van der Waals surface area contributed by atoms with Crippen LogP contribution in [0.3, 0.4) is 0 Å². The summed E-state index contributed by atoms with van der Waals surface area (Å²) >= 11 is 10.1. The second kappa shape index (κ2) is 5.26. The first-order valence-electron chi connectivity index (χ1n) is 5.53. The molecule has 1 saturated heterocycles. The Morgan fingerprint density at radius 3 is 2.63 bits per heavy atom. The molecule has 0 unspecified atom stereocenters. The van der Waals surface area contributed by atoms with Gasteiger partial charge in [-0.1, -0.05) is 29.8 Å². The van der Waals surface area contributed by atoms with Crippen molar-refractivity contribution in [1.82, 2.24) is 5.32 Å². The smallest absolute Gasteiger partial charge is 0.407 e. The zero-order valence-corrected chi connectivity index (χ0v) is 15.0. The van der Waals surface area contributed by atoms with Crippen LogP contribution in [0.25, 0.3) is 0 Å². The minimum absolute atomic E-state index is 0.106. The molecule has 104 valence electrons. The third-order valence-corrected chi connectivity index (χ3v) is 5.15. The zero-order chi connectivity index (χ0) is 14.4. The molecule has 1 aliphatic heterocycles. The van der Waals surface area contributed by atoms with Crippen LogP contribution in [0.4, 0.5) is 4.79 Å². The average Bonchev–Trinajstić information content (AvgIpc) is 2.31. The van der Waals surface area contributed by atoms with Gasteiger partial charge in [-0.25, -0.2) is 4.79 Å². The molecule has 1 aromatic rings. The molecule has 1 aromatic carbocycles. The van der Waals surface area contributed by atoms with E-state index in [4.69, 9.17) is 4.74 Å². The molecule has 1 fully saturated rings. The van der Waals surface area contributed by atoms with Gasteiger partial charge in [0.25, 0.3) is 0 Å².